The van der Waals surface area contributed by atoms with Crippen molar-refractivity contribution >= 4 is 11.9 Å². The molecule has 0 aliphatic rings. The summed E-state index contributed by atoms with van der Waals surface area (Å²) in [7, 11) is 0. The summed E-state index contributed by atoms with van der Waals surface area (Å²) in [6, 6.07) is -0.729. The molecule has 0 heterocycles. The molecule has 4 heteroatoms. The number of carboxylic acids is 1. The first-order valence-corrected chi connectivity index (χ1v) is 7.09. The van der Waals surface area contributed by atoms with Gasteiger partial charge in [-0.05, 0) is 19.3 Å². The molecule has 2 atom stereocenters. The second kappa shape index (κ2) is 9.92. The van der Waals surface area contributed by atoms with Gasteiger partial charge < -0.3 is 10.4 Å². The second-order valence-corrected chi connectivity index (χ2v) is 4.79. The average molecular weight is 257 g/mol. The highest BCUT2D eigenvalue weighted by atomic mass is 16.4. The molecule has 0 aliphatic carbocycles. The fourth-order valence-electron chi connectivity index (χ4n) is 1.93. The SMILES string of the molecule is CCCCC(CC)C(=O)N[C@@H](CCCC)C(=O)O. The standard InChI is InChI=1S/C14H27NO3/c1-4-7-9-11(6-3)13(16)15-12(14(17)18)10-8-5-2/h11-12H,4-10H2,1-3H3,(H,15,16)(H,17,18)/t11?,12-/m0/s1. The molecule has 0 aliphatic heterocycles. The first kappa shape index (κ1) is 16.9. The van der Waals surface area contributed by atoms with Crippen molar-refractivity contribution < 1.29 is 14.7 Å². The summed E-state index contributed by atoms with van der Waals surface area (Å²) < 4.78 is 0. The van der Waals surface area contributed by atoms with Crippen LogP contribution in [-0.2, 0) is 9.59 Å². The Hall–Kier alpha value is -1.06. The van der Waals surface area contributed by atoms with E-state index >= 15 is 0 Å². The van der Waals surface area contributed by atoms with Gasteiger partial charge in [0.1, 0.15) is 6.04 Å². The number of carbonyl (C=O) groups is 2. The van der Waals surface area contributed by atoms with E-state index in [9.17, 15) is 9.59 Å². The molecule has 0 spiro atoms. The van der Waals surface area contributed by atoms with Crippen LogP contribution in [0, 0.1) is 5.92 Å². The second-order valence-electron chi connectivity index (χ2n) is 4.79. The van der Waals surface area contributed by atoms with Crippen molar-refractivity contribution in [2.45, 2.75) is 71.8 Å². The number of rotatable bonds is 10. The highest BCUT2D eigenvalue weighted by Crippen LogP contribution is 2.13. The third-order valence-corrected chi connectivity index (χ3v) is 3.23. The molecule has 0 fully saturated rings. The van der Waals surface area contributed by atoms with Crippen LogP contribution in [0.2, 0.25) is 0 Å². The first-order valence-electron chi connectivity index (χ1n) is 7.09. The quantitative estimate of drug-likeness (QED) is 0.632. The van der Waals surface area contributed by atoms with Gasteiger partial charge in [0, 0.05) is 5.92 Å². The largest absolute Gasteiger partial charge is 0.480 e. The summed E-state index contributed by atoms with van der Waals surface area (Å²) in [6.07, 6.45) is 5.96. The smallest absolute Gasteiger partial charge is 0.326 e. The van der Waals surface area contributed by atoms with Crippen molar-refractivity contribution in [3.05, 3.63) is 0 Å². The summed E-state index contributed by atoms with van der Waals surface area (Å²) in [5.41, 5.74) is 0. The fourth-order valence-corrected chi connectivity index (χ4v) is 1.93. The molecule has 0 saturated heterocycles. The van der Waals surface area contributed by atoms with E-state index in [-0.39, 0.29) is 11.8 Å². The minimum absolute atomic E-state index is 0.0478. The van der Waals surface area contributed by atoms with Crippen LogP contribution >= 0.6 is 0 Å². The number of unbranched alkanes of at least 4 members (excludes halogenated alkanes) is 2. The molecule has 1 unspecified atom stereocenters. The zero-order chi connectivity index (χ0) is 14.0. The zero-order valence-corrected chi connectivity index (χ0v) is 11.9. The molecule has 106 valence electrons. The van der Waals surface area contributed by atoms with Crippen molar-refractivity contribution in [3.8, 4) is 0 Å². The third-order valence-electron chi connectivity index (χ3n) is 3.23. The molecule has 2 N–H and O–H groups in total. The first-order chi connectivity index (χ1) is 8.56. The Morgan fingerprint density at radius 2 is 1.61 bits per heavy atom. The Balaban J connectivity index is 4.32. The summed E-state index contributed by atoms with van der Waals surface area (Å²) in [5, 5.41) is 11.7. The third kappa shape index (κ3) is 6.62. The van der Waals surface area contributed by atoms with Crippen LogP contribution in [0.3, 0.4) is 0 Å². The molecule has 0 radical (unpaired) electrons. The molecule has 0 bridgehead atoms. The number of amides is 1. The van der Waals surface area contributed by atoms with Gasteiger partial charge in [0.05, 0.1) is 0 Å². The van der Waals surface area contributed by atoms with E-state index in [2.05, 4.69) is 12.2 Å². The van der Waals surface area contributed by atoms with Gasteiger partial charge in [-0.3, -0.25) is 4.79 Å². The molecule has 18 heavy (non-hydrogen) atoms. The van der Waals surface area contributed by atoms with Crippen molar-refractivity contribution in [2.24, 2.45) is 5.92 Å². The van der Waals surface area contributed by atoms with Gasteiger partial charge >= 0.3 is 5.97 Å². The zero-order valence-electron chi connectivity index (χ0n) is 11.9. The molecular formula is C14H27NO3. The highest BCUT2D eigenvalue weighted by molar-refractivity contribution is 5.84. The molecular weight excluding hydrogens is 230 g/mol. The minimum Gasteiger partial charge on any atom is -0.480 e. The Kier molecular flexibility index (Phi) is 9.33. The molecule has 0 saturated carbocycles. The van der Waals surface area contributed by atoms with Crippen LogP contribution in [0.4, 0.5) is 0 Å². The molecule has 0 aromatic heterocycles. The Morgan fingerprint density at radius 3 is 2.06 bits per heavy atom. The Labute approximate surface area is 110 Å². The van der Waals surface area contributed by atoms with E-state index < -0.39 is 12.0 Å². The maximum atomic E-state index is 12.0. The lowest BCUT2D eigenvalue weighted by Gasteiger charge is -2.19. The van der Waals surface area contributed by atoms with Crippen LogP contribution in [0.1, 0.15) is 65.7 Å². The van der Waals surface area contributed by atoms with Crippen molar-refractivity contribution in [1.82, 2.24) is 5.32 Å². The van der Waals surface area contributed by atoms with Gasteiger partial charge in [0.15, 0.2) is 0 Å². The number of aliphatic carboxylic acids is 1. The molecule has 0 rings (SSSR count). The predicted molar refractivity (Wildman–Crippen MR) is 72.4 cm³/mol. The number of nitrogens with one attached hydrogen (secondary N) is 1. The molecule has 4 nitrogen and oxygen atoms in total. The summed E-state index contributed by atoms with van der Waals surface area (Å²) in [5.74, 6) is -1.08. The normalized spacial score (nSPS) is 13.9. The van der Waals surface area contributed by atoms with Crippen LogP contribution in [0.5, 0.6) is 0 Å². The lowest BCUT2D eigenvalue weighted by atomic mass is 9.97. The maximum absolute atomic E-state index is 12.0. The monoisotopic (exact) mass is 257 g/mol. The predicted octanol–water partition coefficient (Wildman–Crippen LogP) is 2.96. The van der Waals surface area contributed by atoms with E-state index in [1.165, 1.54) is 0 Å². The molecule has 0 aromatic carbocycles. The van der Waals surface area contributed by atoms with Gasteiger partial charge in [0.2, 0.25) is 5.91 Å². The number of hydrogen-bond donors (Lipinski definition) is 2. The van der Waals surface area contributed by atoms with Crippen molar-refractivity contribution in [3.63, 3.8) is 0 Å². The fraction of sp³-hybridized carbons (Fsp3) is 0.857. The van der Waals surface area contributed by atoms with Crippen LogP contribution < -0.4 is 5.32 Å². The summed E-state index contributed by atoms with van der Waals surface area (Å²) >= 11 is 0. The van der Waals surface area contributed by atoms with Gasteiger partial charge in [-0.1, -0.05) is 46.5 Å². The van der Waals surface area contributed by atoms with Gasteiger partial charge in [-0.25, -0.2) is 4.79 Å². The topological polar surface area (TPSA) is 66.4 Å². The number of carbonyl (C=O) groups excluding carboxylic acids is 1. The average Bonchev–Trinajstić information content (AvgIpc) is 2.34. The van der Waals surface area contributed by atoms with E-state index in [0.717, 1.165) is 38.5 Å². The van der Waals surface area contributed by atoms with Crippen molar-refractivity contribution in [1.29, 1.82) is 0 Å². The highest BCUT2D eigenvalue weighted by Gasteiger charge is 2.23. The maximum Gasteiger partial charge on any atom is 0.326 e. The minimum atomic E-state index is -0.929. The van der Waals surface area contributed by atoms with Gasteiger partial charge in [-0.15, -0.1) is 0 Å². The number of hydrogen-bond acceptors (Lipinski definition) is 2. The van der Waals surface area contributed by atoms with E-state index in [1.807, 2.05) is 13.8 Å². The van der Waals surface area contributed by atoms with E-state index in [1.54, 1.807) is 0 Å². The Bertz CT molecular complexity index is 253. The van der Waals surface area contributed by atoms with Crippen LogP contribution in [-0.4, -0.2) is 23.0 Å². The van der Waals surface area contributed by atoms with E-state index in [4.69, 9.17) is 5.11 Å². The number of carboxylic acid groups (broad SMARTS) is 1. The summed E-state index contributed by atoms with van der Waals surface area (Å²) in [4.78, 5) is 23.0. The lowest BCUT2D eigenvalue weighted by molar-refractivity contribution is -0.142. The van der Waals surface area contributed by atoms with Gasteiger partial charge in [-0.2, -0.15) is 0 Å². The van der Waals surface area contributed by atoms with Crippen LogP contribution in [0.15, 0.2) is 0 Å². The molecule has 1 amide bonds. The Morgan fingerprint density at radius 1 is 1.06 bits per heavy atom. The van der Waals surface area contributed by atoms with Crippen LogP contribution in [0.25, 0.3) is 0 Å². The van der Waals surface area contributed by atoms with E-state index in [0.29, 0.717) is 6.42 Å². The lowest BCUT2D eigenvalue weighted by Crippen LogP contribution is -2.43. The summed E-state index contributed by atoms with van der Waals surface area (Å²) in [6.45, 7) is 6.07. The van der Waals surface area contributed by atoms with Gasteiger partial charge in [0.25, 0.3) is 0 Å². The molecule has 0 aromatic rings. The van der Waals surface area contributed by atoms with Crippen molar-refractivity contribution in [2.75, 3.05) is 0 Å².